The van der Waals surface area contributed by atoms with Crippen LogP contribution >= 0.6 is 0 Å². The van der Waals surface area contributed by atoms with E-state index in [0.29, 0.717) is 5.56 Å². The van der Waals surface area contributed by atoms with E-state index >= 15 is 0 Å². The van der Waals surface area contributed by atoms with Crippen molar-refractivity contribution in [2.24, 2.45) is 5.73 Å². The van der Waals surface area contributed by atoms with Gasteiger partial charge in [-0.2, -0.15) is 0 Å². The van der Waals surface area contributed by atoms with E-state index in [1.807, 2.05) is 49.5 Å². The van der Waals surface area contributed by atoms with Gasteiger partial charge in [0.1, 0.15) is 6.23 Å². The molecule has 0 saturated carbocycles. The molecule has 0 fully saturated rings. The lowest BCUT2D eigenvalue weighted by Crippen LogP contribution is -2.24. The quantitative estimate of drug-likeness (QED) is 0.506. The number of nitrogens with one attached hydrogen (secondary N) is 1. The van der Waals surface area contributed by atoms with Crippen LogP contribution in [0.3, 0.4) is 0 Å². The number of rotatable bonds is 4. The maximum Gasteiger partial charge on any atom is 0.250 e. The van der Waals surface area contributed by atoms with Crippen LogP contribution in [0.1, 0.15) is 17.4 Å². The third-order valence-corrected chi connectivity index (χ3v) is 4.54. The molecule has 1 heterocycles. The molecule has 0 spiro atoms. The largest absolute Gasteiger partial charge is 0.374 e. The summed E-state index contributed by atoms with van der Waals surface area (Å²) in [5.41, 5.74) is 11.0. The smallest absolute Gasteiger partial charge is 0.250 e. The molecule has 1 aromatic heterocycles. The van der Waals surface area contributed by atoms with Gasteiger partial charge in [-0.05, 0) is 41.8 Å². The number of hydrogen-bond donors (Lipinski definition) is 3. The van der Waals surface area contributed by atoms with Gasteiger partial charge in [0, 0.05) is 29.9 Å². The number of aliphatic hydroxyl groups is 1. The van der Waals surface area contributed by atoms with Gasteiger partial charge in [0.15, 0.2) is 0 Å². The summed E-state index contributed by atoms with van der Waals surface area (Å²) in [5, 5.41) is 10.7. The predicted molar refractivity (Wildman–Crippen MR) is 101 cm³/mol. The van der Waals surface area contributed by atoms with Gasteiger partial charge in [-0.3, -0.25) is 4.79 Å². The van der Waals surface area contributed by atoms with E-state index < -0.39 is 6.23 Å². The Morgan fingerprint density at radius 3 is 2.72 bits per heavy atom. The minimum Gasteiger partial charge on any atom is -0.374 e. The molecule has 0 radical (unpaired) electrons. The number of aromatic amines is 1. The molecule has 1 amide bonds. The molecule has 1 atom stereocenters. The lowest BCUT2D eigenvalue weighted by atomic mass is 9.94. The first kappa shape index (κ1) is 17.0. The molecule has 25 heavy (non-hydrogen) atoms. The van der Waals surface area contributed by atoms with Crippen molar-refractivity contribution in [3.63, 3.8) is 0 Å². The number of aliphatic hydroxyl groups excluding tert-OH is 1. The summed E-state index contributed by atoms with van der Waals surface area (Å²) >= 11 is 0. The highest BCUT2D eigenvalue weighted by molar-refractivity contribution is 6.03. The molecule has 0 saturated heterocycles. The van der Waals surface area contributed by atoms with Gasteiger partial charge in [-0.25, -0.2) is 0 Å². The summed E-state index contributed by atoms with van der Waals surface area (Å²) in [7, 11) is 1.73. The number of nitrogens with zero attached hydrogens (tertiary/aromatic N) is 1. The van der Waals surface area contributed by atoms with Gasteiger partial charge in [0.25, 0.3) is 0 Å². The minimum atomic E-state index is -1.04. The van der Waals surface area contributed by atoms with Crippen molar-refractivity contribution in [2.75, 3.05) is 11.9 Å². The maximum absolute atomic E-state index is 12.0. The fourth-order valence-corrected chi connectivity index (χ4v) is 3.19. The summed E-state index contributed by atoms with van der Waals surface area (Å²) in [4.78, 5) is 16.7. The van der Waals surface area contributed by atoms with Crippen LogP contribution < -0.4 is 10.6 Å². The highest BCUT2D eigenvalue weighted by Gasteiger charge is 2.16. The fourth-order valence-electron chi connectivity index (χ4n) is 3.19. The molecule has 1 unspecified atom stereocenters. The van der Waals surface area contributed by atoms with Crippen LogP contribution in [0, 0.1) is 6.92 Å². The van der Waals surface area contributed by atoms with Crippen molar-refractivity contribution in [3.05, 3.63) is 66.4 Å². The zero-order chi connectivity index (χ0) is 18.1. The molecular weight excluding hydrogens is 314 g/mol. The van der Waals surface area contributed by atoms with Gasteiger partial charge >= 0.3 is 0 Å². The number of benzene rings is 2. The average Bonchev–Trinajstić information content (AvgIpc) is 3.09. The van der Waals surface area contributed by atoms with Gasteiger partial charge in [-0.1, -0.05) is 30.8 Å². The zero-order valence-corrected chi connectivity index (χ0v) is 14.3. The van der Waals surface area contributed by atoms with Gasteiger partial charge in [0.05, 0.1) is 5.52 Å². The molecule has 0 aliphatic carbocycles. The van der Waals surface area contributed by atoms with Crippen LogP contribution in [0.4, 0.5) is 5.69 Å². The Balaban J connectivity index is 2.20. The van der Waals surface area contributed by atoms with E-state index in [0.717, 1.165) is 33.3 Å². The number of H-pyrrole nitrogens is 1. The first-order valence-corrected chi connectivity index (χ1v) is 7.99. The van der Waals surface area contributed by atoms with Crippen LogP contribution in [0.25, 0.3) is 22.0 Å². The lowest BCUT2D eigenvalue weighted by molar-refractivity contribution is -0.113. The van der Waals surface area contributed by atoms with Crippen molar-refractivity contribution in [1.29, 1.82) is 0 Å². The molecule has 2 aromatic carbocycles. The number of fused-ring (bicyclic) bond motifs is 1. The molecule has 0 bridgehead atoms. The molecule has 3 rings (SSSR count). The van der Waals surface area contributed by atoms with Crippen molar-refractivity contribution in [1.82, 2.24) is 4.98 Å². The molecular formula is C20H21N3O2. The number of carbonyl (C=O) groups is 1. The van der Waals surface area contributed by atoms with E-state index in [4.69, 9.17) is 5.73 Å². The minimum absolute atomic E-state index is 0.159. The Hall–Kier alpha value is -2.89. The number of hydrogen-bond acceptors (Lipinski definition) is 3. The van der Waals surface area contributed by atoms with Crippen LogP contribution in [-0.2, 0) is 4.79 Å². The molecule has 0 aliphatic rings. The third kappa shape index (κ3) is 2.84. The molecule has 5 nitrogen and oxygen atoms in total. The number of carbonyl (C=O) groups excluding carboxylic acids is 1. The first-order chi connectivity index (χ1) is 12.0. The van der Waals surface area contributed by atoms with Crippen molar-refractivity contribution in [3.8, 4) is 11.1 Å². The van der Waals surface area contributed by atoms with E-state index in [1.165, 1.54) is 6.08 Å². The highest BCUT2D eigenvalue weighted by Crippen LogP contribution is 2.36. The fraction of sp³-hybridized carbons (Fsp3) is 0.150. The standard InChI is InChI=1S/C20H21N3O2/c1-4-18(24)23(3)17-7-5-6-13(12(17)2)14-8-9-16(20(21)25)19-15(14)10-11-22-19/h4-11,20,22,25H,1,21H2,2-3H3. The normalized spacial score (nSPS) is 12.2. The SMILES string of the molecule is C=CC(=O)N(C)c1cccc(-c2ccc(C(N)O)c3[nH]ccc23)c1C. The number of amides is 1. The van der Waals surface area contributed by atoms with Crippen molar-refractivity contribution >= 4 is 22.5 Å². The molecule has 5 heteroatoms. The second-order valence-corrected chi connectivity index (χ2v) is 5.96. The summed E-state index contributed by atoms with van der Waals surface area (Å²) in [6, 6.07) is 11.6. The zero-order valence-electron chi connectivity index (χ0n) is 14.3. The van der Waals surface area contributed by atoms with E-state index in [2.05, 4.69) is 11.6 Å². The molecule has 0 aliphatic heterocycles. The third-order valence-electron chi connectivity index (χ3n) is 4.54. The topological polar surface area (TPSA) is 82.3 Å². The molecule has 3 aromatic rings. The second kappa shape index (κ2) is 6.55. The molecule has 128 valence electrons. The summed E-state index contributed by atoms with van der Waals surface area (Å²) in [6.07, 6.45) is 2.08. The highest BCUT2D eigenvalue weighted by atomic mass is 16.3. The van der Waals surface area contributed by atoms with Crippen LogP contribution in [0.5, 0.6) is 0 Å². The lowest BCUT2D eigenvalue weighted by Gasteiger charge is -2.20. The van der Waals surface area contributed by atoms with Crippen LogP contribution in [0.15, 0.2) is 55.3 Å². The molecule has 4 N–H and O–H groups in total. The maximum atomic E-state index is 12.0. The summed E-state index contributed by atoms with van der Waals surface area (Å²) < 4.78 is 0. The van der Waals surface area contributed by atoms with Gasteiger partial charge in [0.2, 0.25) is 5.91 Å². The summed E-state index contributed by atoms with van der Waals surface area (Å²) in [6.45, 7) is 5.53. The number of anilines is 1. The van der Waals surface area contributed by atoms with Crippen LogP contribution in [0.2, 0.25) is 0 Å². The Bertz CT molecular complexity index is 957. The number of likely N-dealkylation sites (N-methyl/N-ethyl adjacent to an activating group) is 1. The monoisotopic (exact) mass is 335 g/mol. The Morgan fingerprint density at radius 2 is 2.04 bits per heavy atom. The Kier molecular flexibility index (Phi) is 4.44. The van der Waals surface area contributed by atoms with Gasteiger partial charge in [-0.15, -0.1) is 0 Å². The summed E-state index contributed by atoms with van der Waals surface area (Å²) in [5.74, 6) is -0.159. The average molecular weight is 335 g/mol. The van der Waals surface area contributed by atoms with Crippen molar-refractivity contribution in [2.45, 2.75) is 13.2 Å². The predicted octanol–water partition coefficient (Wildman–Crippen LogP) is 3.24. The van der Waals surface area contributed by atoms with Gasteiger partial charge < -0.3 is 20.7 Å². The Morgan fingerprint density at radius 1 is 1.28 bits per heavy atom. The Labute approximate surface area is 146 Å². The second-order valence-electron chi connectivity index (χ2n) is 5.96. The number of nitrogens with two attached hydrogens (primary N) is 1. The van der Waals surface area contributed by atoms with Crippen LogP contribution in [-0.4, -0.2) is 23.0 Å². The van der Waals surface area contributed by atoms with E-state index in [9.17, 15) is 9.90 Å². The number of aromatic nitrogens is 1. The van der Waals surface area contributed by atoms with Crippen molar-refractivity contribution < 1.29 is 9.90 Å². The van der Waals surface area contributed by atoms with E-state index in [-0.39, 0.29) is 5.91 Å². The first-order valence-electron chi connectivity index (χ1n) is 7.99. The van der Waals surface area contributed by atoms with E-state index in [1.54, 1.807) is 11.9 Å².